The molecule has 2 rings (SSSR count). The first-order chi connectivity index (χ1) is 8.99. The normalized spacial score (nSPS) is 10.2. The minimum atomic E-state index is -0.491. The minimum Gasteiger partial charge on any atom is -0.397 e. The Kier molecular flexibility index (Phi) is 3.76. The number of aryl methyl sites for hydroxylation is 1. The van der Waals surface area contributed by atoms with Crippen molar-refractivity contribution < 1.29 is 4.79 Å². The van der Waals surface area contributed by atoms with Gasteiger partial charge >= 0.3 is 0 Å². The van der Waals surface area contributed by atoms with E-state index in [1.54, 1.807) is 18.2 Å². The maximum atomic E-state index is 11.1. The number of nitrogens with two attached hydrogens (primary N) is 2. The largest absolute Gasteiger partial charge is 0.397 e. The van der Waals surface area contributed by atoms with Gasteiger partial charge in [-0.25, -0.2) is 0 Å². The smallest absolute Gasteiger partial charge is 0.248 e. The molecular formula is C14H14BrN3O. The van der Waals surface area contributed by atoms with Crippen LogP contribution >= 0.6 is 15.9 Å². The van der Waals surface area contributed by atoms with Gasteiger partial charge < -0.3 is 16.8 Å². The highest BCUT2D eigenvalue weighted by molar-refractivity contribution is 9.10. The number of primary amides is 1. The van der Waals surface area contributed by atoms with Crippen LogP contribution in [0.25, 0.3) is 0 Å². The molecule has 98 valence electrons. The maximum absolute atomic E-state index is 11.1. The third kappa shape index (κ3) is 2.88. The molecule has 0 heterocycles. The van der Waals surface area contributed by atoms with Crippen molar-refractivity contribution in [3.05, 3.63) is 52.0 Å². The number of rotatable bonds is 3. The van der Waals surface area contributed by atoms with Gasteiger partial charge in [-0.1, -0.05) is 12.1 Å². The fourth-order valence-electron chi connectivity index (χ4n) is 1.72. The van der Waals surface area contributed by atoms with Crippen molar-refractivity contribution in [2.24, 2.45) is 5.73 Å². The monoisotopic (exact) mass is 319 g/mol. The first-order valence-corrected chi connectivity index (χ1v) is 6.50. The van der Waals surface area contributed by atoms with Gasteiger partial charge in [0.05, 0.1) is 17.1 Å². The lowest BCUT2D eigenvalue weighted by molar-refractivity contribution is 0.100. The Balaban J connectivity index is 2.34. The summed E-state index contributed by atoms with van der Waals surface area (Å²) in [5.74, 6) is -0.491. The van der Waals surface area contributed by atoms with Gasteiger partial charge in [-0.05, 0) is 52.7 Å². The van der Waals surface area contributed by atoms with Crippen LogP contribution in [-0.4, -0.2) is 5.91 Å². The highest BCUT2D eigenvalue weighted by Gasteiger charge is 2.07. The van der Waals surface area contributed by atoms with Gasteiger partial charge in [0.15, 0.2) is 0 Å². The predicted octanol–water partition coefficient (Wildman–Crippen LogP) is 3.18. The molecule has 2 aromatic rings. The van der Waals surface area contributed by atoms with Gasteiger partial charge in [0, 0.05) is 10.0 Å². The van der Waals surface area contributed by atoms with Crippen molar-refractivity contribution >= 4 is 38.9 Å². The van der Waals surface area contributed by atoms with E-state index in [4.69, 9.17) is 11.5 Å². The molecule has 0 aliphatic heterocycles. The summed E-state index contributed by atoms with van der Waals surface area (Å²) in [5, 5.41) is 3.22. The molecule has 0 atom stereocenters. The molecule has 0 bridgehead atoms. The van der Waals surface area contributed by atoms with Crippen molar-refractivity contribution in [3.8, 4) is 0 Å². The van der Waals surface area contributed by atoms with E-state index in [2.05, 4.69) is 21.2 Å². The van der Waals surface area contributed by atoms with Crippen molar-refractivity contribution in [1.82, 2.24) is 0 Å². The van der Waals surface area contributed by atoms with E-state index >= 15 is 0 Å². The van der Waals surface area contributed by atoms with Crippen molar-refractivity contribution in [1.29, 1.82) is 0 Å². The van der Waals surface area contributed by atoms with E-state index in [1.807, 2.05) is 25.1 Å². The fraction of sp³-hybridized carbons (Fsp3) is 0.0714. The Bertz CT molecular complexity index is 641. The summed E-state index contributed by atoms with van der Waals surface area (Å²) in [6.45, 7) is 2.01. The van der Waals surface area contributed by atoms with Crippen LogP contribution in [0.5, 0.6) is 0 Å². The summed E-state index contributed by atoms with van der Waals surface area (Å²) in [7, 11) is 0. The second-order valence-corrected chi connectivity index (χ2v) is 5.02. The highest BCUT2D eigenvalue weighted by atomic mass is 79.9. The van der Waals surface area contributed by atoms with Gasteiger partial charge in [0.1, 0.15) is 0 Å². The molecule has 5 N–H and O–H groups in total. The van der Waals surface area contributed by atoms with E-state index in [0.717, 1.165) is 21.4 Å². The first-order valence-electron chi connectivity index (χ1n) is 5.70. The Labute approximate surface area is 119 Å². The average Bonchev–Trinajstić information content (AvgIpc) is 2.37. The maximum Gasteiger partial charge on any atom is 0.248 e. The number of halogens is 1. The fourth-order valence-corrected chi connectivity index (χ4v) is 2.08. The van der Waals surface area contributed by atoms with Gasteiger partial charge in [-0.2, -0.15) is 0 Å². The zero-order chi connectivity index (χ0) is 14.0. The molecule has 4 nitrogen and oxygen atoms in total. The number of anilines is 3. The molecule has 0 radical (unpaired) electrons. The van der Waals surface area contributed by atoms with Crippen LogP contribution in [-0.2, 0) is 0 Å². The Morgan fingerprint density at radius 3 is 2.58 bits per heavy atom. The molecule has 0 unspecified atom stereocenters. The summed E-state index contributed by atoms with van der Waals surface area (Å²) in [6.07, 6.45) is 0. The van der Waals surface area contributed by atoms with Crippen molar-refractivity contribution in [2.75, 3.05) is 11.1 Å². The molecular weight excluding hydrogens is 306 g/mol. The average molecular weight is 320 g/mol. The first kappa shape index (κ1) is 13.4. The minimum absolute atomic E-state index is 0.395. The lowest BCUT2D eigenvalue weighted by atomic mass is 10.1. The van der Waals surface area contributed by atoms with Gasteiger partial charge in [-0.3, -0.25) is 4.79 Å². The standard InChI is InChI=1S/C14H14BrN3O/c1-8-3-2-4-12(13(8)15)18-11-6-5-9(14(17)19)7-10(11)16/h2-7,18H,16H2,1H3,(H2,17,19). The van der Waals surface area contributed by atoms with E-state index in [0.29, 0.717) is 11.3 Å². The number of carbonyl (C=O) groups is 1. The number of hydrogen-bond donors (Lipinski definition) is 3. The highest BCUT2D eigenvalue weighted by Crippen LogP contribution is 2.31. The second kappa shape index (κ2) is 5.32. The van der Waals surface area contributed by atoms with Crippen molar-refractivity contribution in [3.63, 3.8) is 0 Å². The van der Waals surface area contributed by atoms with E-state index < -0.39 is 5.91 Å². The Morgan fingerprint density at radius 1 is 1.21 bits per heavy atom. The van der Waals surface area contributed by atoms with Gasteiger partial charge in [0.25, 0.3) is 0 Å². The van der Waals surface area contributed by atoms with Crippen LogP contribution in [0.3, 0.4) is 0 Å². The summed E-state index contributed by atoms with van der Waals surface area (Å²) in [5.41, 5.74) is 14.8. The topological polar surface area (TPSA) is 81.1 Å². The van der Waals surface area contributed by atoms with Crippen LogP contribution < -0.4 is 16.8 Å². The quantitative estimate of drug-likeness (QED) is 0.760. The van der Waals surface area contributed by atoms with E-state index in [-0.39, 0.29) is 0 Å². The summed E-state index contributed by atoms with van der Waals surface area (Å²) < 4.78 is 0.980. The third-order valence-electron chi connectivity index (χ3n) is 2.80. The molecule has 0 aromatic heterocycles. The van der Waals surface area contributed by atoms with Gasteiger partial charge in [-0.15, -0.1) is 0 Å². The SMILES string of the molecule is Cc1cccc(Nc2ccc(C(N)=O)cc2N)c1Br. The second-order valence-electron chi connectivity index (χ2n) is 4.23. The molecule has 0 saturated carbocycles. The molecule has 1 amide bonds. The Morgan fingerprint density at radius 2 is 1.95 bits per heavy atom. The number of hydrogen-bond acceptors (Lipinski definition) is 3. The number of nitrogens with one attached hydrogen (secondary N) is 1. The lowest BCUT2D eigenvalue weighted by Crippen LogP contribution is -2.11. The molecule has 0 aliphatic rings. The summed E-state index contributed by atoms with van der Waals surface area (Å²) in [4.78, 5) is 11.1. The van der Waals surface area contributed by atoms with Gasteiger partial charge in [0.2, 0.25) is 5.91 Å². The summed E-state index contributed by atoms with van der Waals surface area (Å²) >= 11 is 3.52. The summed E-state index contributed by atoms with van der Waals surface area (Å²) in [6, 6.07) is 10.9. The van der Waals surface area contributed by atoms with Crippen LogP contribution in [0.4, 0.5) is 17.1 Å². The Hall–Kier alpha value is -2.01. The molecule has 0 aliphatic carbocycles. The molecule has 19 heavy (non-hydrogen) atoms. The number of amides is 1. The zero-order valence-corrected chi connectivity index (χ0v) is 12.0. The van der Waals surface area contributed by atoms with E-state index in [9.17, 15) is 4.79 Å². The van der Waals surface area contributed by atoms with Crippen LogP contribution in [0.1, 0.15) is 15.9 Å². The molecule has 0 spiro atoms. The zero-order valence-electron chi connectivity index (χ0n) is 10.4. The third-order valence-corrected chi connectivity index (χ3v) is 3.85. The van der Waals surface area contributed by atoms with Crippen molar-refractivity contribution in [2.45, 2.75) is 6.92 Å². The molecule has 5 heteroatoms. The number of carbonyl (C=O) groups excluding carboxylic acids is 1. The van der Waals surface area contributed by atoms with Crippen LogP contribution in [0.2, 0.25) is 0 Å². The lowest BCUT2D eigenvalue weighted by Gasteiger charge is -2.12. The van der Waals surface area contributed by atoms with Crippen LogP contribution in [0.15, 0.2) is 40.9 Å². The predicted molar refractivity (Wildman–Crippen MR) is 81.5 cm³/mol. The van der Waals surface area contributed by atoms with Crippen LogP contribution in [0, 0.1) is 6.92 Å². The van der Waals surface area contributed by atoms with E-state index in [1.165, 1.54) is 0 Å². The number of nitrogen functional groups attached to an aromatic ring is 1. The molecule has 0 saturated heterocycles. The number of benzene rings is 2. The molecule has 2 aromatic carbocycles. The molecule has 0 fully saturated rings.